The van der Waals surface area contributed by atoms with E-state index in [-0.39, 0.29) is 17.7 Å². The Morgan fingerprint density at radius 1 is 1.23 bits per heavy atom. The molecule has 2 fully saturated rings. The number of carbonyl (C=O) groups excluding carboxylic acids is 2. The van der Waals surface area contributed by atoms with Crippen molar-refractivity contribution < 1.29 is 29.3 Å². The van der Waals surface area contributed by atoms with Crippen LogP contribution in [-0.2, 0) is 15.1 Å². The number of halogens is 1. The number of nitrogens with zero attached hydrogens (tertiary/aromatic N) is 1. The lowest BCUT2D eigenvalue weighted by Gasteiger charge is -2.44. The summed E-state index contributed by atoms with van der Waals surface area (Å²) in [6.45, 7) is 3.20. The Morgan fingerprint density at radius 3 is 2.70 bits per heavy atom. The molecule has 1 aliphatic carbocycles. The third kappa shape index (κ3) is 6.89. The van der Waals surface area contributed by atoms with Crippen LogP contribution in [0.15, 0.2) is 42.5 Å². The van der Waals surface area contributed by atoms with Crippen molar-refractivity contribution in [3.8, 4) is 11.5 Å². The summed E-state index contributed by atoms with van der Waals surface area (Å²) in [5.41, 5.74) is 6.14. The van der Waals surface area contributed by atoms with Gasteiger partial charge in [-0.2, -0.15) is 0 Å². The molecule has 10 heteroatoms. The van der Waals surface area contributed by atoms with Gasteiger partial charge in [0.25, 0.3) is 0 Å². The Hall–Kier alpha value is -2.85. The highest BCUT2D eigenvalue weighted by Gasteiger charge is 2.45. The van der Waals surface area contributed by atoms with Crippen molar-refractivity contribution in [2.75, 3.05) is 26.7 Å². The number of carbonyl (C=O) groups is 2. The van der Waals surface area contributed by atoms with E-state index in [9.17, 15) is 19.8 Å². The molecule has 9 nitrogen and oxygen atoms in total. The van der Waals surface area contributed by atoms with Crippen molar-refractivity contribution in [2.24, 2.45) is 17.6 Å². The number of methoxy groups -OCH3 is 1. The topological polar surface area (TPSA) is 134 Å². The van der Waals surface area contributed by atoms with E-state index < -0.39 is 23.8 Å². The van der Waals surface area contributed by atoms with Crippen molar-refractivity contribution in [3.63, 3.8) is 0 Å². The third-order valence-corrected chi connectivity index (χ3v) is 8.46. The highest BCUT2D eigenvalue weighted by atomic mass is 35.5. The van der Waals surface area contributed by atoms with E-state index in [1.54, 1.807) is 17.0 Å². The van der Waals surface area contributed by atoms with Crippen LogP contribution in [0.25, 0.3) is 0 Å². The molecule has 0 spiro atoms. The number of hydrogen-bond donors (Lipinski definition) is 4. The Bertz CT molecular complexity index is 1190. The van der Waals surface area contributed by atoms with E-state index in [1.807, 2.05) is 37.3 Å². The normalized spacial score (nSPS) is 24.3. The lowest BCUT2D eigenvalue weighted by molar-refractivity contribution is -0.141. The van der Waals surface area contributed by atoms with E-state index in [4.69, 9.17) is 22.1 Å². The lowest BCUT2D eigenvalue weighted by Crippen LogP contribution is -2.49. The Kier molecular flexibility index (Phi) is 9.94. The monoisotopic (exact) mass is 573 g/mol. The van der Waals surface area contributed by atoms with Gasteiger partial charge in [0.1, 0.15) is 5.75 Å². The number of rotatable bonds is 9. The number of nitrogens with one attached hydrogen (secondary N) is 1. The number of para-hydroxylation sites is 1. The van der Waals surface area contributed by atoms with Crippen molar-refractivity contribution in [2.45, 2.75) is 63.2 Å². The van der Waals surface area contributed by atoms with Crippen molar-refractivity contribution in [3.05, 3.63) is 58.6 Å². The summed E-state index contributed by atoms with van der Waals surface area (Å²) in [5, 5.41) is 25.7. The summed E-state index contributed by atoms with van der Waals surface area (Å²) in [7, 11) is 1.30. The van der Waals surface area contributed by atoms with Gasteiger partial charge in [-0.1, -0.05) is 35.9 Å². The number of alkyl carbamates (subject to hydrolysis) is 1. The zero-order valence-corrected chi connectivity index (χ0v) is 23.9. The highest BCUT2D eigenvalue weighted by molar-refractivity contribution is 6.32. The van der Waals surface area contributed by atoms with Crippen LogP contribution < -0.4 is 15.8 Å². The maximum absolute atomic E-state index is 13.4. The first kappa shape index (κ1) is 30.1. The number of amides is 2. The summed E-state index contributed by atoms with van der Waals surface area (Å²) >= 11 is 6.67. The van der Waals surface area contributed by atoms with Crippen molar-refractivity contribution in [1.29, 1.82) is 0 Å². The molecule has 0 bridgehead atoms. The molecule has 2 aromatic rings. The molecule has 0 aromatic heterocycles. The van der Waals surface area contributed by atoms with E-state index in [0.29, 0.717) is 73.8 Å². The minimum atomic E-state index is -1.41. The van der Waals surface area contributed by atoms with Crippen molar-refractivity contribution >= 4 is 23.6 Å². The molecule has 1 unspecified atom stereocenters. The number of aryl methyl sites for hydroxylation is 1. The molecule has 2 amide bonds. The highest BCUT2D eigenvalue weighted by Crippen LogP contribution is 2.47. The molecule has 40 heavy (non-hydrogen) atoms. The van der Waals surface area contributed by atoms with E-state index in [2.05, 4.69) is 10.1 Å². The molecular weight excluding hydrogens is 534 g/mol. The summed E-state index contributed by atoms with van der Waals surface area (Å²) < 4.78 is 11.0. The van der Waals surface area contributed by atoms with Crippen LogP contribution in [0.2, 0.25) is 5.02 Å². The first-order chi connectivity index (χ1) is 19.1. The largest absolute Gasteiger partial charge is 0.455 e. The summed E-state index contributed by atoms with van der Waals surface area (Å²) in [5.74, 6) is 0.287. The molecule has 1 saturated carbocycles. The van der Waals surface area contributed by atoms with Crippen LogP contribution in [0.1, 0.15) is 49.7 Å². The molecule has 5 atom stereocenters. The fourth-order valence-corrected chi connectivity index (χ4v) is 6.22. The maximum Gasteiger partial charge on any atom is 0.406 e. The van der Waals surface area contributed by atoms with E-state index >= 15 is 0 Å². The second-order valence-electron chi connectivity index (χ2n) is 11.0. The van der Waals surface area contributed by atoms with Crippen LogP contribution >= 0.6 is 11.6 Å². The fourth-order valence-electron chi connectivity index (χ4n) is 6.00. The van der Waals surface area contributed by atoms with Crippen LogP contribution in [0.4, 0.5) is 4.79 Å². The van der Waals surface area contributed by atoms with Gasteiger partial charge in [-0.15, -0.1) is 0 Å². The van der Waals surface area contributed by atoms with Crippen LogP contribution in [-0.4, -0.2) is 66.0 Å². The molecule has 0 radical (unpaired) electrons. The smallest absolute Gasteiger partial charge is 0.406 e. The second-order valence-corrected chi connectivity index (χ2v) is 11.4. The molecular formula is C30H40ClN3O6. The SMILES string of the molecule is COC(=O)NCCC[C@@](O)(c1cccc(Cl)c1Oc1cccc(C)c1)C1CCCN(C(=O)[C@H]2C[C@@H](N)[C@@H](O)C2)C1. The van der Waals surface area contributed by atoms with E-state index in [0.717, 1.165) is 12.0 Å². The number of likely N-dealkylation sites (tertiary alicyclic amines) is 1. The minimum Gasteiger partial charge on any atom is -0.455 e. The number of hydrogen-bond acceptors (Lipinski definition) is 7. The zero-order valence-electron chi connectivity index (χ0n) is 23.1. The predicted molar refractivity (Wildman–Crippen MR) is 152 cm³/mol. The Labute approximate surface area is 240 Å². The minimum absolute atomic E-state index is 0.0336. The average Bonchev–Trinajstić information content (AvgIpc) is 3.29. The summed E-state index contributed by atoms with van der Waals surface area (Å²) in [6.07, 6.45) is 1.74. The summed E-state index contributed by atoms with van der Waals surface area (Å²) in [4.78, 5) is 26.9. The van der Waals surface area contributed by atoms with Gasteiger partial charge in [-0.05, 0) is 69.2 Å². The fraction of sp³-hybridized carbons (Fsp3) is 0.533. The Balaban J connectivity index is 1.64. The van der Waals surface area contributed by atoms with Crippen LogP contribution in [0.3, 0.4) is 0 Å². The zero-order chi connectivity index (χ0) is 28.9. The standard InChI is InChI=1S/C30H40ClN3O6/c1-19-7-3-9-22(15-19)40-27-23(10-4-11-24(27)31)30(38,12-6-13-33-29(37)39-2)21-8-5-14-34(18-21)28(36)20-16-25(32)26(35)17-20/h3-4,7,9-11,15,20-21,25-26,35,38H,5-6,8,12-14,16-18,32H2,1-2H3,(H,33,37)/t20-,21?,25+,26-,30-/m0/s1. The number of piperidine rings is 1. The number of ether oxygens (including phenoxy) is 2. The molecule has 5 N–H and O–H groups in total. The van der Waals surface area contributed by atoms with Gasteiger partial charge in [-0.25, -0.2) is 4.79 Å². The number of nitrogens with two attached hydrogens (primary N) is 1. The molecule has 4 rings (SSSR count). The number of aliphatic hydroxyl groups is 2. The quantitative estimate of drug-likeness (QED) is 0.332. The molecule has 1 heterocycles. The molecule has 1 aliphatic heterocycles. The van der Waals surface area contributed by atoms with Gasteiger partial charge >= 0.3 is 6.09 Å². The summed E-state index contributed by atoms with van der Waals surface area (Å²) in [6, 6.07) is 12.5. The lowest BCUT2D eigenvalue weighted by atomic mass is 9.73. The maximum atomic E-state index is 13.4. The predicted octanol–water partition coefficient (Wildman–Crippen LogP) is 4.10. The average molecular weight is 574 g/mol. The van der Waals surface area contributed by atoms with Gasteiger partial charge < -0.3 is 35.6 Å². The van der Waals surface area contributed by atoms with Gasteiger partial charge in [0, 0.05) is 43.1 Å². The van der Waals surface area contributed by atoms with Crippen LogP contribution in [0.5, 0.6) is 11.5 Å². The molecule has 2 aliphatic rings. The van der Waals surface area contributed by atoms with Crippen LogP contribution in [0, 0.1) is 18.8 Å². The number of benzene rings is 2. The van der Waals surface area contributed by atoms with Gasteiger partial charge in [-0.3, -0.25) is 4.79 Å². The first-order valence-corrected chi connectivity index (χ1v) is 14.3. The molecule has 218 valence electrons. The van der Waals surface area contributed by atoms with Gasteiger partial charge in [0.15, 0.2) is 5.75 Å². The molecule has 1 saturated heterocycles. The van der Waals surface area contributed by atoms with Gasteiger partial charge in [0.05, 0.1) is 23.8 Å². The second kappa shape index (κ2) is 13.2. The molecule has 2 aromatic carbocycles. The van der Waals surface area contributed by atoms with E-state index in [1.165, 1.54) is 7.11 Å². The van der Waals surface area contributed by atoms with Gasteiger partial charge in [0.2, 0.25) is 5.91 Å². The van der Waals surface area contributed by atoms with Crippen molar-refractivity contribution in [1.82, 2.24) is 10.2 Å². The number of aliphatic hydroxyl groups excluding tert-OH is 1. The first-order valence-electron chi connectivity index (χ1n) is 13.9. The third-order valence-electron chi connectivity index (χ3n) is 8.17. The Morgan fingerprint density at radius 2 is 2.00 bits per heavy atom.